The zero-order valence-corrected chi connectivity index (χ0v) is 15.7. The lowest BCUT2D eigenvalue weighted by atomic mass is 10.0. The van der Waals surface area contributed by atoms with Crippen LogP contribution < -0.4 is 0 Å². The summed E-state index contributed by atoms with van der Waals surface area (Å²) in [6, 6.07) is 16.8. The second-order valence-electron chi connectivity index (χ2n) is 6.47. The number of hydrogen-bond donors (Lipinski definition) is 0. The second-order valence-corrected chi connectivity index (χ2v) is 9.97. The molecule has 0 N–H and O–H groups in total. The van der Waals surface area contributed by atoms with Crippen LogP contribution in [0.4, 0.5) is 0 Å². The Morgan fingerprint density at radius 1 is 0.875 bits per heavy atom. The molecule has 0 fully saturated rings. The van der Waals surface area contributed by atoms with Crippen molar-refractivity contribution < 1.29 is 8.42 Å². The first-order chi connectivity index (χ1) is 11.4. The van der Waals surface area contributed by atoms with Gasteiger partial charge in [-0.05, 0) is 66.3 Å². The molecule has 0 aliphatic carbocycles. The standard InChI is InChI=1S/C20H22O2S2/c1-15(2)24(21,22)14-18-7-4-16(5-8-18)3-6-17-9-10-19-11-12-23-20(19)13-17/h4-5,7-13,15H,3,6,14H2,1-2H3. The fourth-order valence-corrected chi connectivity index (χ4v) is 4.49. The molecule has 0 aliphatic rings. The molecule has 3 aromatic rings. The summed E-state index contributed by atoms with van der Waals surface area (Å²) >= 11 is 1.78. The fraction of sp³-hybridized carbons (Fsp3) is 0.300. The minimum Gasteiger partial charge on any atom is -0.228 e. The van der Waals surface area contributed by atoms with E-state index in [2.05, 4.69) is 41.8 Å². The maximum Gasteiger partial charge on any atom is 0.156 e. The van der Waals surface area contributed by atoms with Gasteiger partial charge in [0.15, 0.2) is 9.84 Å². The van der Waals surface area contributed by atoms with Gasteiger partial charge >= 0.3 is 0 Å². The minimum atomic E-state index is -3.03. The third kappa shape index (κ3) is 4.05. The largest absolute Gasteiger partial charge is 0.228 e. The lowest BCUT2D eigenvalue weighted by Gasteiger charge is -2.08. The van der Waals surface area contributed by atoms with Gasteiger partial charge in [0, 0.05) is 4.70 Å². The van der Waals surface area contributed by atoms with Gasteiger partial charge < -0.3 is 0 Å². The predicted octanol–water partition coefficient (Wildman–Crippen LogP) is 5.01. The third-order valence-electron chi connectivity index (χ3n) is 4.33. The topological polar surface area (TPSA) is 34.1 Å². The van der Waals surface area contributed by atoms with Gasteiger partial charge in [0.25, 0.3) is 0 Å². The molecule has 2 aromatic carbocycles. The van der Waals surface area contributed by atoms with Gasteiger partial charge in [-0.15, -0.1) is 11.3 Å². The zero-order valence-electron chi connectivity index (χ0n) is 14.0. The van der Waals surface area contributed by atoms with E-state index in [1.807, 2.05) is 12.1 Å². The molecule has 0 radical (unpaired) electrons. The molecule has 0 amide bonds. The van der Waals surface area contributed by atoms with Crippen molar-refractivity contribution in [3.63, 3.8) is 0 Å². The number of aryl methyl sites for hydroxylation is 2. The fourth-order valence-electron chi connectivity index (χ4n) is 2.64. The Morgan fingerprint density at radius 2 is 1.50 bits per heavy atom. The van der Waals surface area contributed by atoms with Crippen molar-refractivity contribution in [2.75, 3.05) is 0 Å². The highest BCUT2D eigenvalue weighted by Gasteiger charge is 2.16. The lowest BCUT2D eigenvalue weighted by molar-refractivity contribution is 0.586. The van der Waals surface area contributed by atoms with Crippen molar-refractivity contribution in [1.29, 1.82) is 0 Å². The van der Waals surface area contributed by atoms with Gasteiger partial charge in [0.2, 0.25) is 0 Å². The molecular formula is C20H22O2S2. The molecular weight excluding hydrogens is 336 g/mol. The number of hydrogen-bond acceptors (Lipinski definition) is 3. The quantitative estimate of drug-likeness (QED) is 0.621. The molecule has 3 rings (SSSR count). The Morgan fingerprint density at radius 3 is 2.21 bits per heavy atom. The van der Waals surface area contributed by atoms with E-state index in [1.165, 1.54) is 21.2 Å². The Kier molecular flexibility index (Phi) is 5.07. The van der Waals surface area contributed by atoms with Gasteiger partial charge in [-0.25, -0.2) is 8.42 Å². The summed E-state index contributed by atoms with van der Waals surface area (Å²) in [5.41, 5.74) is 3.45. The predicted molar refractivity (Wildman–Crippen MR) is 103 cm³/mol. The molecule has 0 saturated carbocycles. The molecule has 0 spiro atoms. The zero-order chi connectivity index (χ0) is 17.2. The molecule has 1 heterocycles. The highest BCUT2D eigenvalue weighted by Crippen LogP contribution is 2.22. The molecule has 24 heavy (non-hydrogen) atoms. The normalized spacial score (nSPS) is 12.1. The monoisotopic (exact) mass is 358 g/mol. The molecule has 0 aliphatic heterocycles. The first-order valence-electron chi connectivity index (χ1n) is 8.19. The molecule has 4 heteroatoms. The van der Waals surface area contributed by atoms with Gasteiger partial charge in [0.1, 0.15) is 0 Å². The number of fused-ring (bicyclic) bond motifs is 1. The third-order valence-corrected chi connectivity index (χ3v) is 7.38. The number of sulfone groups is 1. The van der Waals surface area contributed by atoms with Crippen LogP contribution in [0.3, 0.4) is 0 Å². The van der Waals surface area contributed by atoms with Crippen LogP contribution in [0, 0.1) is 0 Å². The first-order valence-corrected chi connectivity index (χ1v) is 10.8. The van der Waals surface area contributed by atoms with Crippen LogP contribution in [0.2, 0.25) is 0 Å². The van der Waals surface area contributed by atoms with E-state index in [-0.39, 0.29) is 11.0 Å². The Bertz CT molecular complexity index is 920. The number of thiophene rings is 1. The van der Waals surface area contributed by atoms with Crippen LogP contribution in [0.5, 0.6) is 0 Å². The molecule has 0 atom stereocenters. The Hall–Kier alpha value is -1.65. The summed E-state index contributed by atoms with van der Waals surface area (Å²) in [6.45, 7) is 3.46. The Balaban J connectivity index is 1.63. The van der Waals surface area contributed by atoms with Gasteiger partial charge in [0.05, 0.1) is 11.0 Å². The average Bonchev–Trinajstić information content (AvgIpc) is 3.01. The summed E-state index contributed by atoms with van der Waals surface area (Å²) in [5.74, 6) is 0.125. The van der Waals surface area contributed by atoms with Crippen LogP contribution in [0.25, 0.3) is 10.1 Å². The highest BCUT2D eigenvalue weighted by atomic mass is 32.2. The number of benzene rings is 2. The molecule has 2 nitrogen and oxygen atoms in total. The van der Waals surface area contributed by atoms with Crippen molar-refractivity contribution in [3.8, 4) is 0 Å². The SMILES string of the molecule is CC(C)S(=O)(=O)Cc1ccc(CCc2ccc3ccsc3c2)cc1. The second kappa shape index (κ2) is 7.08. The van der Waals surface area contributed by atoms with E-state index in [9.17, 15) is 8.42 Å². The maximum atomic E-state index is 12.0. The summed E-state index contributed by atoms with van der Waals surface area (Å²) in [7, 11) is -3.03. The molecule has 126 valence electrons. The summed E-state index contributed by atoms with van der Waals surface area (Å²) in [4.78, 5) is 0. The van der Waals surface area contributed by atoms with Crippen molar-refractivity contribution >= 4 is 31.3 Å². The van der Waals surface area contributed by atoms with Gasteiger partial charge in [-0.1, -0.05) is 36.4 Å². The van der Waals surface area contributed by atoms with Crippen molar-refractivity contribution in [2.45, 2.75) is 37.7 Å². The smallest absolute Gasteiger partial charge is 0.156 e. The van der Waals surface area contributed by atoms with Crippen molar-refractivity contribution in [3.05, 3.63) is 70.6 Å². The summed E-state index contributed by atoms with van der Waals surface area (Å²) in [5, 5.41) is 3.10. The molecule has 1 aromatic heterocycles. The maximum absolute atomic E-state index is 12.0. The summed E-state index contributed by atoms with van der Waals surface area (Å²) < 4.78 is 25.3. The van der Waals surface area contributed by atoms with Crippen LogP contribution in [-0.2, 0) is 28.4 Å². The lowest BCUT2D eigenvalue weighted by Crippen LogP contribution is -2.15. The van der Waals surface area contributed by atoms with Gasteiger partial charge in [-0.2, -0.15) is 0 Å². The van der Waals surface area contributed by atoms with Gasteiger partial charge in [-0.3, -0.25) is 0 Å². The Labute approximate surface area is 148 Å². The molecule has 0 saturated heterocycles. The van der Waals surface area contributed by atoms with E-state index in [0.29, 0.717) is 0 Å². The van der Waals surface area contributed by atoms with E-state index >= 15 is 0 Å². The van der Waals surface area contributed by atoms with Crippen molar-refractivity contribution in [1.82, 2.24) is 0 Å². The van der Waals surface area contributed by atoms with Crippen LogP contribution >= 0.6 is 11.3 Å². The van der Waals surface area contributed by atoms with Crippen LogP contribution in [-0.4, -0.2) is 13.7 Å². The van der Waals surface area contributed by atoms with Crippen LogP contribution in [0.15, 0.2) is 53.9 Å². The van der Waals surface area contributed by atoms with E-state index in [4.69, 9.17) is 0 Å². The summed E-state index contributed by atoms with van der Waals surface area (Å²) in [6.07, 6.45) is 1.96. The van der Waals surface area contributed by atoms with Crippen molar-refractivity contribution in [2.24, 2.45) is 0 Å². The first kappa shape index (κ1) is 17.2. The number of rotatable bonds is 6. The minimum absolute atomic E-state index is 0.125. The molecule has 0 bridgehead atoms. The molecule has 0 unspecified atom stereocenters. The van der Waals surface area contributed by atoms with E-state index in [1.54, 1.807) is 25.2 Å². The van der Waals surface area contributed by atoms with Crippen LogP contribution in [0.1, 0.15) is 30.5 Å². The average molecular weight is 359 g/mol. The highest BCUT2D eigenvalue weighted by molar-refractivity contribution is 7.91. The van der Waals surface area contributed by atoms with E-state index in [0.717, 1.165) is 18.4 Å². The van der Waals surface area contributed by atoms with E-state index < -0.39 is 9.84 Å².